The zero-order valence-corrected chi connectivity index (χ0v) is 9.36. The summed E-state index contributed by atoms with van der Waals surface area (Å²) in [5.41, 5.74) is 0. The average Bonchev–Trinajstić information content (AvgIpc) is 2.52. The molecule has 2 heterocycles. The molecule has 80 valence electrons. The molecule has 3 nitrogen and oxygen atoms in total. The lowest BCUT2D eigenvalue weighted by Gasteiger charge is -2.39. The summed E-state index contributed by atoms with van der Waals surface area (Å²) in [6.07, 6.45) is 1.26. The quantitative estimate of drug-likeness (QED) is 0.645. The van der Waals surface area contributed by atoms with Crippen molar-refractivity contribution in [1.82, 2.24) is 0 Å². The molecule has 0 N–H and O–H groups in total. The predicted octanol–water partition coefficient (Wildman–Crippen LogP) is 2.21. The minimum atomic E-state index is -0.119. The maximum atomic E-state index is 5.88. The molecule has 0 radical (unpaired) electrons. The van der Waals surface area contributed by atoms with Crippen LogP contribution in [0.25, 0.3) is 0 Å². The third-order valence-electron chi connectivity index (χ3n) is 3.56. The van der Waals surface area contributed by atoms with Crippen molar-refractivity contribution in [2.45, 2.75) is 52.6 Å². The topological polar surface area (TPSA) is 30.8 Å². The fourth-order valence-electron chi connectivity index (χ4n) is 2.43. The zero-order valence-electron chi connectivity index (χ0n) is 9.36. The number of nitrogens with zero attached hydrogens (tertiary/aromatic N) is 1. The van der Waals surface area contributed by atoms with Gasteiger partial charge in [0.05, 0.1) is 6.10 Å². The molecular formula is C11H19NO2. The third kappa shape index (κ3) is 1.44. The second-order valence-electron chi connectivity index (χ2n) is 4.43. The van der Waals surface area contributed by atoms with Crippen molar-refractivity contribution in [2.24, 2.45) is 16.8 Å². The summed E-state index contributed by atoms with van der Waals surface area (Å²) in [6, 6.07) is 0.216. The van der Waals surface area contributed by atoms with Gasteiger partial charge in [0.1, 0.15) is 6.04 Å². The molecule has 3 heteroatoms. The van der Waals surface area contributed by atoms with Gasteiger partial charge in [-0.1, -0.05) is 20.8 Å². The SMILES string of the molecule is CCC1O[C@@H]2OC(C)=NC2[C@@H](C)[C@H]1C. The normalized spacial score (nSPS) is 46.9. The Hall–Kier alpha value is -0.570. The number of hydrogen-bond donors (Lipinski definition) is 0. The summed E-state index contributed by atoms with van der Waals surface area (Å²) in [7, 11) is 0. The first-order valence-electron chi connectivity index (χ1n) is 5.50. The monoisotopic (exact) mass is 197 g/mol. The lowest BCUT2D eigenvalue weighted by atomic mass is 9.82. The van der Waals surface area contributed by atoms with Crippen LogP contribution in [0.4, 0.5) is 0 Å². The summed E-state index contributed by atoms with van der Waals surface area (Å²) >= 11 is 0. The van der Waals surface area contributed by atoms with Crippen LogP contribution >= 0.6 is 0 Å². The maximum absolute atomic E-state index is 5.88. The second kappa shape index (κ2) is 3.54. The van der Waals surface area contributed by atoms with E-state index in [4.69, 9.17) is 9.47 Å². The van der Waals surface area contributed by atoms with Crippen LogP contribution in [-0.4, -0.2) is 24.3 Å². The highest BCUT2D eigenvalue weighted by Crippen LogP contribution is 2.36. The van der Waals surface area contributed by atoms with Gasteiger partial charge in [-0.25, -0.2) is 4.99 Å². The second-order valence-corrected chi connectivity index (χ2v) is 4.43. The highest BCUT2D eigenvalue weighted by atomic mass is 16.7. The minimum absolute atomic E-state index is 0.119. The number of ether oxygens (including phenoxy) is 2. The third-order valence-corrected chi connectivity index (χ3v) is 3.56. The van der Waals surface area contributed by atoms with Gasteiger partial charge in [-0.3, -0.25) is 0 Å². The lowest BCUT2D eigenvalue weighted by Crippen LogP contribution is -2.46. The van der Waals surface area contributed by atoms with Crippen LogP contribution < -0.4 is 0 Å². The standard InChI is InChI=1S/C11H19NO2/c1-5-9-6(2)7(3)10-11(14-9)13-8(4)12-10/h6-7,9-11H,5H2,1-4H3/t6-,7+,9?,10?,11+/m1/s1. The molecule has 0 spiro atoms. The van der Waals surface area contributed by atoms with Gasteiger partial charge >= 0.3 is 0 Å². The average molecular weight is 197 g/mol. The van der Waals surface area contributed by atoms with E-state index < -0.39 is 0 Å². The number of fused-ring (bicyclic) bond motifs is 1. The molecule has 0 aromatic carbocycles. The molecule has 2 unspecified atom stereocenters. The van der Waals surface area contributed by atoms with Gasteiger partial charge in [-0.15, -0.1) is 0 Å². The summed E-state index contributed by atoms with van der Waals surface area (Å²) in [5, 5.41) is 0. The van der Waals surface area contributed by atoms with E-state index in [0.717, 1.165) is 12.3 Å². The lowest BCUT2D eigenvalue weighted by molar-refractivity contribution is -0.186. The number of aliphatic imine (C=N–C) groups is 1. The molecule has 2 aliphatic heterocycles. The minimum Gasteiger partial charge on any atom is -0.450 e. The molecule has 2 aliphatic rings. The zero-order chi connectivity index (χ0) is 10.3. The highest BCUT2D eigenvalue weighted by molar-refractivity contribution is 5.75. The Labute approximate surface area is 85.5 Å². The van der Waals surface area contributed by atoms with Crippen LogP contribution in [0.5, 0.6) is 0 Å². The summed E-state index contributed by atoms with van der Waals surface area (Å²) in [5.74, 6) is 1.89. The van der Waals surface area contributed by atoms with E-state index in [0.29, 0.717) is 17.9 Å². The van der Waals surface area contributed by atoms with Crippen molar-refractivity contribution in [3.8, 4) is 0 Å². The molecular weight excluding hydrogens is 178 g/mol. The van der Waals surface area contributed by atoms with Crippen LogP contribution in [0.15, 0.2) is 4.99 Å². The predicted molar refractivity (Wildman–Crippen MR) is 55.3 cm³/mol. The molecule has 0 amide bonds. The molecule has 5 atom stereocenters. The molecule has 1 fully saturated rings. The van der Waals surface area contributed by atoms with Crippen molar-refractivity contribution in [1.29, 1.82) is 0 Å². The van der Waals surface area contributed by atoms with Crippen molar-refractivity contribution < 1.29 is 9.47 Å². The highest BCUT2D eigenvalue weighted by Gasteiger charge is 2.44. The Morgan fingerprint density at radius 3 is 2.64 bits per heavy atom. The largest absolute Gasteiger partial charge is 0.450 e. The van der Waals surface area contributed by atoms with Gasteiger partial charge in [0, 0.05) is 6.92 Å². The van der Waals surface area contributed by atoms with Crippen molar-refractivity contribution >= 4 is 5.90 Å². The molecule has 0 aromatic heterocycles. The van der Waals surface area contributed by atoms with Gasteiger partial charge < -0.3 is 9.47 Å². The van der Waals surface area contributed by atoms with E-state index in [9.17, 15) is 0 Å². The summed E-state index contributed by atoms with van der Waals surface area (Å²) in [4.78, 5) is 4.48. The first kappa shape index (κ1) is 9.97. The van der Waals surface area contributed by atoms with E-state index in [1.807, 2.05) is 6.92 Å². The van der Waals surface area contributed by atoms with E-state index in [2.05, 4.69) is 25.8 Å². The van der Waals surface area contributed by atoms with Crippen LogP contribution in [0.3, 0.4) is 0 Å². The molecule has 2 rings (SSSR count). The fourth-order valence-corrected chi connectivity index (χ4v) is 2.43. The number of rotatable bonds is 1. The van der Waals surface area contributed by atoms with Gasteiger partial charge in [0.15, 0.2) is 5.90 Å². The molecule has 1 saturated heterocycles. The Kier molecular flexibility index (Phi) is 2.52. The summed E-state index contributed by atoms with van der Waals surface area (Å²) < 4.78 is 11.4. The number of hydrogen-bond acceptors (Lipinski definition) is 3. The Morgan fingerprint density at radius 1 is 1.29 bits per heavy atom. The molecule has 0 bridgehead atoms. The van der Waals surface area contributed by atoms with Crippen molar-refractivity contribution in [3.63, 3.8) is 0 Å². The van der Waals surface area contributed by atoms with Crippen molar-refractivity contribution in [3.05, 3.63) is 0 Å². The van der Waals surface area contributed by atoms with Gasteiger partial charge in [-0.05, 0) is 18.3 Å². The molecule has 0 aliphatic carbocycles. The molecule has 0 aromatic rings. The first-order valence-corrected chi connectivity index (χ1v) is 5.50. The van der Waals surface area contributed by atoms with Gasteiger partial charge in [-0.2, -0.15) is 0 Å². The van der Waals surface area contributed by atoms with Gasteiger partial charge in [0.2, 0.25) is 6.29 Å². The van der Waals surface area contributed by atoms with E-state index >= 15 is 0 Å². The Balaban J connectivity index is 2.14. The summed E-state index contributed by atoms with van der Waals surface area (Å²) in [6.45, 7) is 8.56. The van der Waals surface area contributed by atoms with Crippen LogP contribution in [-0.2, 0) is 9.47 Å². The van der Waals surface area contributed by atoms with Gasteiger partial charge in [0.25, 0.3) is 0 Å². The van der Waals surface area contributed by atoms with E-state index in [-0.39, 0.29) is 12.3 Å². The first-order chi connectivity index (χ1) is 6.63. The molecule has 0 saturated carbocycles. The van der Waals surface area contributed by atoms with E-state index in [1.54, 1.807) is 0 Å². The Bertz CT molecular complexity index is 252. The van der Waals surface area contributed by atoms with Crippen LogP contribution in [0, 0.1) is 11.8 Å². The maximum Gasteiger partial charge on any atom is 0.224 e. The Morgan fingerprint density at radius 2 is 2.00 bits per heavy atom. The smallest absolute Gasteiger partial charge is 0.224 e. The fraction of sp³-hybridized carbons (Fsp3) is 0.909. The van der Waals surface area contributed by atoms with Crippen LogP contribution in [0.2, 0.25) is 0 Å². The van der Waals surface area contributed by atoms with Crippen molar-refractivity contribution in [2.75, 3.05) is 0 Å². The van der Waals surface area contributed by atoms with E-state index in [1.165, 1.54) is 0 Å². The molecule has 14 heavy (non-hydrogen) atoms. The van der Waals surface area contributed by atoms with Crippen LogP contribution in [0.1, 0.15) is 34.1 Å².